The van der Waals surface area contributed by atoms with Gasteiger partial charge in [-0.15, -0.1) is 0 Å². The molecule has 0 amide bonds. The molecule has 1 aliphatic carbocycles. The Balaban J connectivity index is 1.90. The number of rotatable bonds is 4. The number of aromatic nitrogens is 2. The van der Waals surface area contributed by atoms with Gasteiger partial charge in [0.25, 0.3) is 0 Å². The normalized spacial score (nSPS) is 16.2. The zero-order valence-electron chi connectivity index (χ0n) is 9.66. The molecule has 0 spiro atoms. The van der Waals surface area contributed by atoms with Crippen LogP contribution in [0.2, 0.25) is 0 Å². The molecule has 1 saturated carbocycles. The summed E-state index contributed by atoms with van der Waals surface area (Å²) in [5.74, 6) is 2.02. The maximum absolute atomic E-state index is 4.88. The van der Waals surface area contributed by atoms with Gasteiger partial charge in [-0.05, 0) is 19.8 Å². The molecule has 0 atom stereocenters. The van der Waals surface area contributed by atoms with Crippen molar-refractivity contribution in [1.29, 1.82) is 0 Å². The summed E-state index contributed by atoms with van der Waals surface area (Å²) >= 11 is 0. The van der Waals surface area contributed by atoms with Crippen LogP contribution in [0.1, 0.15) is 31.5 Å². The van der Waals surface area contributed by atoms with Gasteiger partial charge in [-0.2, -0.15) is 4.98 Å². The first kappa shape index (κ1) is 10.9. The van der Waals surface area contributed by atoms with Crippen LogP contribution in [-0.4, -0.2) is 28.7 Å². The Morgan fingerprint density at radius 2 is 2.38 bits per heavy atom. The minimum atomic E-state index is 0.444. The van der Waals surface area contributed by atoms with Crippen molar-refractivity contribution in [1.82, 2.24) is 20.8 Å². The maximum atomic E-state index is 4.88. The second-order valence-electron chi connectivity index (χ2n) is 3.84. The van der Waals surface area contributed by atoms with Crippen molar-refractivity contribution < 1.29 is 4.52 Å². The molecule has 0 bridgehead atoms. The molecule has 0 radical (unpaired) electrons. The monoisotopic (exact) mass is 223 g/mol. The Bertz CT molecular complexity index is 369. The summed E-state index contributed by atoms with van der Waals surface area (Å²) in [5, 5.41) is 10.3. The molecule has 2 rings (SSSR count). The summed E-state index contributed by atoms with van der Waals surface area (Å²) in [6, 6.07) is 0.588. The zero-order chi connectivity index (χ0) is 11.4. The van der Waals surface area contributed by atoms with Crippen LogP contribution in [0.15, 0.2) is 9.52 Å². The molecule has 2 N–H and O–H groups in total. The third-order valence-corrected chi connectivity index (χ3v) is 2.21. The number of aryl methyl sites for hydroxylation is 1. The van der Waals surface area contributed by atoms with Gasteiger partial charge >= 0.3 is 0 Å². The van der Waals surface area contributed by atoms with Gasteiger partial charge in [0.05, 0.1) is 0 Å². The molecule has 1 fully saturated rings. The lowest BCUT2D eigenvalue weighted by atomic mass is 10.6. The Morgan fingerprint density at radius 3 is 2.94 bits per heavy atom. The lowest BCUT2D eigenvalue weighted by Gasteiger charge is -2.09. The van der Waals surface area contributed by atoms with Crippen LogP contribution in [0.25, 0.3) is 0 Å². The highest BCUT2D eigenvalue weighted by Crippen LogP contribution is 2.18. The van der Waals surface area contributed by atoms with E-state index in [2.05, 4.69) is 25.8 Å². The van der Waals surface area contributed by atoms with Crippen molar-refractivity contribution in [2.45, 2.75) is 39.3 Å². The quantitative estimate of drug-likeness (QED) is 0.577. The summed E-state index contributed by atoms with van der Waals surface area (Å²) in [6.45, 7) is 5.11. The fourth-order valence-corrected chi connectivity index (χ4v) is 1.30. The average molecular weight is 223 g/mol. The van der Waals surface area contributed by atoms with E-state index in [-0.39, 0.29) is 0 Å². The third kappa shape index (κ3) is 3.22. The first-order valence-corrected chi connectivity index (χ1v) is 5.62. The van der Waals surface area contributed by atoms with Gasteiger partial charge in [0.2, 0.25) is 5.89 Å². The number of hydrogen-bond acceptors (Lipinski definition) is 4. The fourth-order valence-electron chi connectivity index (χ4n) is 1.30. The van der Waals surface area contributed by atoms with Gasteiger partial charge in [-0.3, -0.25) is 0 Å². The molecule has 1 aromatic heterocycles. The van der Waals surface area contributed by atoms with E-state index in [0.29, 0.717) is 24.3 Å². The standard InChI is InChI=1S/C10H17N5O/c1-3-11-10(14-8-4-5-8)12-6-9-13-7(2)16-15-9/h8H,3-6H2,1-2H3,(H2,11,12,14). The molecule has 6 heteroatoms. The van der Waals surface area contributed by atoms with Crippen molar-refractivity contribution in [2.75, 3.05) is 6.54 Å². The van der Waals surface area contributed by atoms with E-state index < -0.39 is 0 Å². The Hall–Kier alpha value is -1.59. The van der Waals surface area contributed by atoms with E-state index in [9.17, 15) is 0 Å². The molecule has 88 valence electrons. The summed E-state index contributed by atoms with van der Waals surface area (Å²) in [5.41, 5.74) is 0. The lowest BCUT2D eigenvalue weighted by Crippen LogP contribution is -2.38. The largest absolute Gasteiger partial charge is 0.357 e. The fraction of sp³-hybridized carbons (Fsp3) is 0.700. The summed E-state index contributed by atoms with van der Waals surface area (Å²) in [7, 11) is 0. The molecule has 16 heavy (non-hydrogen) atoms. The highest BCUT2D eigenvalue weighted by atomic mass is 16.5. The van der Waals surface area contributed by atoms with E-state index in [0.717, 1.165) is 12.5 Å². The molecule has 1 aliphatic rings. The minimum Gasteiger partial charge on any atom is -0.357 e. The van der Waals surface area contributed by atoms with Gasteiger partial charge in [0, 0.05) is 19.5 Å². The zero-order valence-corrected chi connectivity index (χ0v) is 9.66. The van der Waals surface area contributed by atoms with E-state index in [1.165, 1.54) is 12.8 Å². The van der Waals surface area contributed by atoms with Gasteiger partial charge in [-0.25, -0.2) is 4.99 Å². The van der Waals surface area contributed by atoms with Crippen molar-refractivity contribution in [2.24, 2.45) is 4.99 Å². The van der Waals surface area contributed by atoms with Gasteiger partial charge in [0.15, 0.2) is 11.8 Å². The van der Waals surface area contributed by atoms with Crippen LogP contribution in [0.4, 0.5) is 0 Å². The predicted octanol–water partition coefficient (Wildman–Crippen LogP) is 0.596. The number of hydrogen-bond donors (Lipinski definition) is 2. The van der Waals surface area contributed by atoms with E-state index in [1.54, 1.807) is 6.92 Å². The third-order valence-electron chi connectivity index (χ3n) is 2.21. The summed E-state index contributed by atoms with van der Waals surface area (Å²) < 4.78 is 4.88. The molecule has 0 saturated heterocycles. The average Bonchev–Trinajstić information content (AvgIpc) is 2.97. The molecular weight excluding hydrogens is 206 g/mol. The molecule has 1 aromatic rings. The van der Waals surface area contributed by atoms with Crippen LogP contribution in [0.3, 0.4) is 0 Å². The molecule has 0 aliphatic heterocycles. The van der Waals surface area contributed by atoms with Crippen LogP contribution in [0, 0.1) is 6.92 Å². The van der Waals surface area contributed by atoms with E-state index >= 15 is 0 Å². The second kappa shape index (κ2) is 4.96. The first-order chi connectivity index (χ1) is 7.78. The lowest BCUT2D eigenvalue weighted by molar-refractivity contribution is 0.387. The number of guanidine groups is 1. The summed E-state index contributed by atoms with van der Waals surface area (Å²) in [6.07, 6.45) is 2.46. The highest BCUT2D eigenvalue weighted by molar-refractivity contribution is 5.80. The van der Waals surface area contributed by atoms with Gasteiger partial charge in [-0.1, -0.05) is 5.16 Å². The van der Waals surface area contributed by atoms with Crippen molar-refractivity contribution in [3.8, 4) is 0 Å². The van der Waals surface area contributed by atoms with Crippen molar-refractivity contribution >= 4 is 5.96 Å². The second-order valence-corrected chi connectivity index (χ2v) is 3.84. The first-order valence-electron chi connectivity index (χ1n) is 5.62. The highest BCUT2D eigenvalue weighted by Gasteiger charge is 2.22. The minimum absolute atomic E-state index is 0.444. The Labute approximate surface area is 94.5 Å². The van der Waals surface area contributed by atoms with E-state index in [4.69, 9.17) is 4.52 Å². The molecule has 6 nitrogen and oxygen atoms in total. The van der Waals surface area contributed by atoms with Crippen molar-refractivity contribution in [3.63, 3.8) is 0 Å². The number of aliphatic imine (C=N–C) groups is 1. The van der Waals surface area contributed by atoms with Gasteiger partial charge < -0.3 is 15.2 Å². The number of nitrogens with one attached hydrogen (secondary N) is 2. The Kier molecular flexibility index (Phi) is 3.38. The SMILES string of the molecule is CCNC(=NCc1noc(C)n1)NC1CC1. The smallest absolute Gasteiger partial charge is 0.223 e. The maximum Gasteiger partial charge on any atom is 0.223 e. The molecule has 0 unspecified atom stereocenters. The topological polar surface area (TPSA) is 75.3 Å². The van der Waals surface area contributed by atoms with Gasteiger partial charge in [0.1, 0.15) is 6.54 Å². The molecular formula is C10H17N5O. The van der Waals surface area contributed by atoms with Crippen LogP contribution in [-0.2, 0) is 6.54 Å². The Morgan fingerprint density at radius 1 is 1.56 bits per heavy atom. The van der Waals surface area contributed by atoms with E-state index in [1.807, 2.05) is 6.92 Å². The van der Waals surface area contributed by atoms with Crippen LogP contribution in [0.5, 0.6) is 0 Å². The molecule has 0 aromatic carbocycles. The molecule has 1 heterocycles. The van der Waals surface area contributed by atoms with Crippen molar-refractivity contribution in [3.05, 3.63) is 11.7 Å². The van der Waals surface area contributed by atoms with Crippen LogP contribution < -0.4 is 10.6 Å². The summed E-state index contributed by atoms with van der Waals surface area (Å²) in [4.78, 5) is 8.48. The van der Waals surface area contributed by atoms with Crippen LogP contribution >= 0.6 is 0 Å². The number of nitrogens with zero attached hydrogens (tertiary/aromatic N) is 3. The predicted molar refractivity (Wildman–Crippen MR) is 60.0 cm³/mol.